The highest BCUT2D eigenvalue weighted by Crippen LogP contribution is 2.58. The van der Waals surface area contributed by atoms with Crippen molar-refractivity contribution in [2.75, 3.05) is 81.9 Å². The fourth-order valence-electron chi connectivity index (χ4n) is 11.7. The van der Waals surface area contributed by atoms with Crippen LogP contribution in [0.4, 0.5) is 11.4 Å². The number of anilines is 2. The van der Waals surface area contributed by atoms with Gasteiger partial charge in [-0.05, 0) is 144 Å². The normalized spacial score (nSPS) is 26.3. The maximum atomic E-state index is 11.7. The molecule has 2 heterocycles. The Morgan fingerprint density at radius 3 is 1.32 bits per heavy atom. The maximum absolute atomic E-state index is 11.7. The van der Waals surface area contributed by atoms with E-state index in [-0.39, 0.29) is 12.8 Å². The average Bonchev–Trinajstić information content (AvgIpc) is 3.38. The van der Waals surface area contributed by atoms with Crippen LogP contribution in [0.25, 0.3) is 0 Å². The quantitative estimate of drug-likeness (QED) is 0.0727. The molecule has 0 atom stereocenters. The largest absolute Gasteiger partial charge is 0.494 e. The minimum Gasteiger partial charge on any atom is -0.494 e. The monoisotopic (exact) mass is 945 g/mol. The van der Waals surface area contributed by atoms with Crippen LogP contribution in [0.15, 0.2) is 48.5 Å². The van der Waals surface area contributed by atoms with E-state index in [1.54, 1.807) is 0 Å². The molecule has 0 unspecified atom stereocenters. The molecular formula is C57H92N4O7. The second kappa shape index (κ2) is 27.5. The van der Waals surface area contributed by atoms with Gasteiger partial charge in [0.2, 0.25) is 0 Å². The summed E-state index contributed by atoms with van der Waals surface area (Å²) >= 11 is 0. The topological polar surface area (TPSA) is 132 Å². The Kier molecular flexibility index (Phi) is 22.3. The van der Waals surface area contributed by atoms with Crippen molar-refractivity contribution < 1.29 is 34.1 Å². The number of piperazine rings is 2. The van der Waals surface area contributed by atoms with Crippen LogP contribution in [0.2, 0.25) is 0 Å². The van der Waals surface area contributed by atoms with Gasteiger partial charge >= 0.3 is 11.9 Å². The van der Waals surface area contributed by atoms with Gasteiger partial charge in [0.15, 0.2) is 0 Å². The minimum absolute atomic E-state index is 0. The predicted molar refractivity (Wildman–Crippen MR) is 278 cm³/mol. The molecule has 2 saturated heterocycles. The van der Waals surface area contributed by atoms with Gasteiger partial charge < -0.3 is 39.6 Å². The van der Waals surface area contributed by atoms with Gasteiger partial charge in [-0.25, -0.2) is 0 Å². The highest BCUT2D eigenvalue weighted by molar-refractivity contribution is 5.76. The lowest BCUT2D eigenvalue weighted by Crippen LogP contribution is -2.54. The van der Waals surface area contributed by atoms with Gasteiger partial charge in [0.05, 0.1) is 24.0 Å². The molecule has 4 bridgehead atoms. The first-order valence-electron chi connectivity index (χ1n) is 26.9. The molecule has 2 aromatic carbocycles. The summed E-state index contributed by atoms with van der Waals surface area (Å²) in [4.78, 5) is 41.2. The number of unbranched alkanes of at least 4 members (excludes halogenated alkanes) is 10. The molecule has 8 fully saturated rings. The maximum Gasteiger partial charge on any atom is 0.309 e. The number of aliphatic carboxylic acids is 2. The molecule has 68 heavy (non-hydrogen) atoms. The van der Waals surface area contributed by atoms with E-state index in [0.717, 1.165) is 154 Å². The van der Waals surface area contributed by atoms with Crippen molar-refractivity contribution in [3.05, 3.63) is 48.5 Å². The summed E-state index contributed by atoms with van der Waals surface area (Å²) < 4.78 is 11.8. The van der Waals surface area contributed by atoms with E-state index in [0.29, 0.717) is 24.7 Å². The number of aldehydes is 1. The molecule has 8 aliphatic rings. The van der Waals surface area contributed by atoms with E-state index in [9.17, 15) is 19.5 Å². The molecule has 0 spiro atoms. The molecule has 0 radical (unpaired) electrons. The van der Waals surface area contributed by atoms with Crippen LogP contribution in [-0.2, 0) is 14.4 Å². The number of nitrogens with one attached hydrogen (secondary N) is 1. The third-order valence-corrected chi connectivity index (χ3v) is 16.8. The third-order valence-electron chi connectivity index (χ3n) is 16.8. The molecule has 10 rings (SSSR count). The molecule has 0 amide bonds. The lowest BCUT2D eigenvalue weighted by atomic mass is 9.53. The zero-order valence-corrected chi connectivity index (χ0v) is 41.7. The van der Waals surface area contributed by atoms with E-state index in [1.807, 2.05) is 0 Å². The molecule has 382 valence electrons. The number of carboxylic acids is 2. The van der Waals surface area contributed by atoms with Crippen LogP contribution >= 0.6 is 0 Å². The Morgan fingerprint density at radius 2 is 0.926 bits per heavy atom. The summed E-state index contributed by atoms with van der Waals surface area (Å²) in [7, 11) is 0. The van der Waals surface area contributed by atoms with Crippen LogP contribution in [0, 0.1) is 21.7 Å². The zero-order chi connectivity index (χ0) is 47.4. The second-order valence-corrected chi connectivity index (χ2v) is 21.4. The Morgan fingerprint density at radius 1 is 0.544 bits per heavy atom. The number of fused-ring (bicyclic) bond motifs is 6. The number of rotatable bonds is 23. The number of ether oxygens (including phenoxy) is 2. The zero-order valence-electron chi connectivity index (χ0n) is 41.7. The molecule has 3 N–H and O–H groups in total. The number of benzene rings is 2. The summed E-state index contributed by atoms with van der Waals surface area (Å²) in [5.41, 5.74) is 1.94. The highest BCUT2D eigenvalue weighted by Gasteiger charge is 2.54. The summed E-state index contributed by atoms with van der Waals surface area (Å²) in [5.74, 6) is 0.773. The average molecular weight is 945 g/mol. The number of carboxylic acid groups (broad SMARTS) is 2. The SMILES string of the molecule is C.CCCCCCCCOc1ccc(N2CCN(CC34CCC(C(=O)O)(CC3)CC4)CC2)cc1.CCCCCCCCOc1ccc(N2CCNCC2)cc1.O=CC12CCC(C(=O)O)(CC1)CC2. The molecule has 2 aromatic rings. The fourth-order valence-corrected chi connectivity index (χ4v) is 11.7. The van der Waals surface area contributed by atoms with Gasteiger partial charge in [0.1, 0.15) is 17.8 Å². The first-order chi connectivity index (χ1) is 32.6. The molecular weight excluding hydrogens is 853 g/mol. The van der Waals surface area contributed by atoms with Crippen LogP contribution in [0.3, 0.4) is 0 Å². The lowest BCUT2D eigenvalue weighted by molar-refractivity contribution is -0.160. The van der Waals surface area contributed by atoms with Crippen LogP contribution in [0.1, 0.15) is 175 Å². The standard InChI is InChI=1S/C28H44N2O3.C18H30N2O.C10H14O3.CH4/c1-2-3-4-5-6-7-22-33-25-10-8-24(9-11-25)30-20-18-29(19-21-30)23-27-12-15-28(16-13-27,17-14-27)26(31)32;1-2-3-4-5-6-7-16-21-18-10-8-17(9-11-18)20-14-12-19-13-15-20;11-7-9-1-4-10(5-2-9,6-3-9)8(12)13;/h8-11H,2-7,12-23H2,1H3,(H,31,32);8-11,19H,2-7,12-16H2,1H3;7H,1-6H2,(H,12,13);1H4. The fraction of sp³-hybridized carbons (Fsp3) is 0.737. The smallest absolute Gasteiger partial charge is 0.309 e. The Labute approximate surface area is 411 Å². The van der Waals surface area contributed by atoms with Crippen molar-refractivity contribution in [3.63, 3.8) is 0 Å². The Bertz CT molecular complexity index is 1720. The van der Waals surface area contributed by atoms with Crippen molar-refractivity contribution in [1.29, 1.82) is 0 Å². The minimum atomic E-state index is -0.660. The van der Waals surface area contributed by atoms with Crippen LogP contribution in [-0.4, -0.2) is 105 Å². The summed E-state index contributed by atoms with van der Waals surface area (Å²) in [5, 5.41) is 22.1. The molecule has 2 aliphatic heterocycles. The van der Waals surface area contributed by atoms with Crippen molar-refractivity contribution in [2.45, 2.75) is 175 Å². The molecule has 0 aromatic heterocycles. The van der Waals surface area contributed by atoms with Crippen molar-refractivity contribution >= 4 is 29.6 Å². The second-order valence-electron chi connectivity index (χ2n) is 21.4. The van der Waals surface area contributed by atoms with E-state index in [1.165, 1.54) is 82.0 Å². The summed E-state index contributed by atoms with van der Waals surface area (Å²) in [6.07, 6.45) is 27.0. The first kappa shape index (κ1) is 55.1. The van der Waals surface area contributed by atoms with Gasteiger partial charge in [-0.2, -0.15) is 0 Å². The van der Waals surface area contributed by atoms with Crippen LogP contribution < -0.4 is 24.6 Å². The number of carbonyl (C=O) groups is 3. The molecule has 11 nitrogen and oxygen atoms in total. The number of hydrogen-bond acceptors (Lipinski definition) is 9. The molecule has 6 saturated carbocycles. The van der Waals surface area contributed by atoms with Crippen molar-refractivity contribution in [3.8, 4) is 11.5 Å². The van der Waals surface area contributed by atoms with E-state index in [4.69, 9.17) is 14.6 Å². The predicted octanol–water partition coefficient (Wildman–Crippen LogP) is 12.1. The Hall–Kier alpha value is -3.83. The Balaban J connectivity index is 0.000000210. The van der Waals surface area contributed by atoms with Gasteiger partial charge in [0.25, 0.3) is 0 Å². The van der Waals surface area contributed by atoms with E-state index in [2.05, 4.69) is 82.4 Å². The van der Waals surface area contributed by atoms with Gasteiger partial charge in [-0.15, -0.1) is 0 Å². The van der Waals surface area contributed by atoms with Gasteiger partial charge in [0, 0.05) is 75.7 Å². The van der Waals surface area contributed by atoms with E-state index >= 15 is 0 Å². The molecule has 6 aliphatic carbocycles. The number of hydrogen-bond donors (Lipinski definition) is 3. The lowest BCUT2D eigenvalue weighted by Gasteiger charge is -2.53. The van der Waals surface area contributed by atoms with Crippen molar-refractivity contribution in [2.24, 2.45) is 21.7 Å². The van der Waals surface area contributed by atoms with Crippen molar-refractivity contribution in [1.82, 2.24) is 10.2 Å². The summed E-state index contributed by atoms with van der Waals surface area (Å²) in [6.45, 7) is 16.0. The number of nitrogens with zero attached hydrogens (tertiary/aromatic N) is 3. The summed E-state index contributed by atoms with van der Waals surface area (Å²) in [6, 6.07) is 17.2. The van der Waals surface area contributed by atoms with Gasteiger partial charge in [-0.3, -0.25) is 14.5 Å². The molecule has 11 heteroatoms. The number of carbonyl (C=O) groups excluding carboxylic acids is 1. The van der Waals surface area contributed by atoms with Gasteiger partial charge in [-0.1, -0.05) is 85.5 Å². The van der Waals surface area contributed by atoms with E-state index < -0.39 is 22.8 Å². The third kappa shape index (κ3) is 15.6. The van der Waals surface area contributed by atoms with Crippen LogP contribution in [0.5, 0.6) is 11.5 Å². The highest BCUT2D eigenvalue weighted by atomic mass is 16.5. The first-order valence-corrected chi connectivity index (χ1v) is 26.9.